The molecule has 1 aromatic heterocycles. The van der Waals surface area contributed by atoms with Gasteiger partial charge in [-0.05, 0) is 0 Å². The Hall–Kier alpha value is -2.31. The van der Waals surface area contributed by atoms with Gasteiger partial charge in [-0.1, -0.05) is 6.07 Å². The fraction of sp³-hybridized carbons (Fsp3) is 0. The zero-order valence-corrected chi connectivity index (χ0v) is 6.97. The second-order valence-electron chi connectivity index (χ2n) is 2.16. The molecule has 0 aliphatic carbocycles. The molecule has 1 rings (SSSR count). The standard InChI is InChI=1S/C7H7N3O4/c8-6(11)13-4-2-1-3-5(10-4)14-7(9)12/h1-3H,(H2,8,11)(H2,9,12). The van der Waals surface area contributed by atoms with Gasteiger partial charge >= 0.3 is 12.2 Å². The highest BCUT2D eigenvalue weighted by Crippen LogP contribution is 2.12. The van der Waals surface area contributed by atoms with Crippen LogP contribution in [0.15, 0.2) is 18.2 Å². The number of amides is 2. The number of rotatable bonds is 2. The molecular weight excluding hydrogens is 190 g/mol. The Morgan fingerprint density at radius 3 is 1.86 bits per heavy atom. The van der Waals surface area contributed by atoms with Crippen molar-refractivity contribution in [3.05, 3.63) is 18.2 Å². The largest absolute Gasteiger partial charge is 0.411 e. The fourth-order valence-corrected chi connectivity index (χ4v) is 0.716. The molecule has 0 aliphatic rings. The fourth-order valence-electron chi connectivity index (χ4n) is 0.716. The molecule has 4 N–H and O–H groups in total. The van der Waals surface area contributed by atoms with Crippen LogP contribution in [0.1, 0.15) is 0 Å². The molecule has 0 unspecified atom stereocenters. The second kappa shape index (κ2) is 4.08. The Balaban J connectivity index is 2.78. The van der Waals surface area contributed by atoms with E-state index in [9.17, 15) is 9.59 Å². The van der Waals surface area contributed by atoms with Crippen LogP contribution in [0.5, 0.6) is 11.8 Å². The van der Waals surface area contributed by atoms with Crippen molar-refractivity contribution in [2.75, 3.05) is 0 Å². The Morgan fingerprint density at radius 1 is 1.07 bits per heavy atom. The molecule has 2 amide bonds. The first-order valence-electron chi connectivity index (χ1n) is 3.49. The molecule has 0 aromatic carbocycles. The van der Waals surface area contributed by atoms with E-state index in [4.69, 9.17) is 11.5 Å². The van der Waals surface area contributed by atoms with Gasteiger partial charge in [0.1, 0.15) is 0 Å². The summed E-state index contributed by atoms with van der Waals surface area (Å²) in [6.07, 6.45) is -2.01. The van der Waals surface area contributed by atoms with Gasteiger partial charge < -0.3 is 20.9 Å². The molecule has 0 spiro atoms. The van der Waals surface area contributed by atoms with E-state index in [1.165, 1.54) is 18.2 Å². The number of carbonyl (C=O) groups is 2. The normalized spacial score (nSPS) is 9.14. The SMILES string of the molecule is NC(=O)Oc1cccc(OC(N)=O)n1. The van der Waals surface area contributed by atoms with E-state index < -0.39 is 12.2 Å². The van der Waals surface area contributed by atoms with E-state index in [1.54, 1.807) is 0 Å². The number of ether oxygens (including phenoxy) is 2. The molecule has 1 aromatic rings. The van der Waals surface area contributed by atoms with E-state index in [1.807, 2.05) is 0 Å². The number of carbonyl (C=O) groups excluding carboxylic acids is 2. The monoisotopic (exact) mass is 197 g/mol. The molecule has 0 bridgehead atoms. The van der Waals surface area contributed by atoms with Crippen molar-refractivity contribution < 1.29 is 19.1 Å². The molecule has 7 heteroatoms. The van der Waals surface area contributed by atoms with E-state index >= 15 is 0 Å². The van der Waals surface area contributed by atoms with Gasteiger partial charge in [-0.3, -0.25) is 0 Å². The molecule has 0 saturated heterocycles. The van der Waals surface area contributed by atoms with E-state index in [2.05, 4.69) is 14.5 Å². The van der Waals surface area contributed by atoms with Crippen LogP contribution in [-0.2, 0) is 0 Å². The highest BCUT2D eigenvalue weighted by atomic mass is 16.6. The van der Waals surface area contributed by atoms with Gasteiger partial charge in [0.15, 0.2) is 0 Å². The van der Waals surface area contributed by atoms with Crippen molar-refractivity contribution in [3.63, 3.8) is 0 Å². The van der Waals surface area contributed by atoms with Crippen molar-refractivity contribution >= 4 is 12.2 Å². The van der Waals surface area contributed by atoms with Crippen molar-refractivity contribution in [1.29, 1.82) is 0 Å². The third-order valence-electron chi connectivity index (χ3n) is 1.11. The molecule has 1 heterocycles. The van der Waals surface area contributed by atoms with Crippen molar-refractivity contribution in [2.45, 2.75) is 0 Å². The Morgan fingerprint density at radius 2 is 1.50 bits per heavy atom. The third kappa shape index (κ3) is 2.97. The lowest BCUT2D eigenvalue weighted by atomic mass is 10.5. The lowest BCUT2D eigenvalue weighted by molar-refractivity contribution is 0.205. The molecule has 7 nitrogen and oxygen atoms in total. The van der Waals surface area contributed by atoms with Crippen molar-refractivity contribution in [3.8, 4) is 11.8 Å². The molecular formula is C7H7N3O4. The molecule has 14 heavy (non-hydrogen) atoms. The summed E-state index contributed by atoms with van der Waals surface area (Å²) in [4.78, 5) is 24.3. The first-order chi connectivity index (χ1) is 6.58. The smallest absolute Gasteiger partial charge is 0.391 e. The summed E-state index contributed by atoms with van der Waals surface area (Å²) in [5, 5.41) is 0. The van der Waals surface area contributed by atoms with E-state index in [0.29, 0.717) is 0 Å². The molecule has 0 saturated carbocycles. The van der Waals surface area contributed by atoms with Gasteiger partial charge in [0, 0.05) is 12.1 Å². The average Bonchev–Trinajstić information content (AvgIpc) is 2.01. The summed E-state index contributed by atoms with van der Waals surface area (Å²) < 4.78 is 8.86. The van der Waals surface area contributed by atoms with E-state index in [-0.39, 0.29) is 11.8 Å². The van der Waals surface area contributed by atoms with Gasteiger partial charge in [-0.2, -0.15) is 4.98 Å². The predicted octanol–water partition coefficient (Wildman–Crippen LogP) is -0.00340. The maximum atomic E-state index is 10.3. The Labute approximate surface area is 78.6 Å². The van der Waals surface area contributed by atoms with Crippen molar-refractivity contribution in [1.82, 2.24) is 4.98 Å². The van der Waals surface area contributed by atoms with Gasteiger partial charge in [0.05, 0.1) is 0 Å². The average molecular weight is 197 g/mol. The third-order valence-corrected chi connectivity index (χ3v) is 1.11. The van der Waals surface area contributed by atoms with Crippen molar-refractivity contribution in [2.24, 2.45) is 11.5 Å². The Bertz CT molecular complexity index is 334. The van der Waals surface area contributed by atoms with Crippen LogP contribution < -0.4 is 20.9 Å². The number of nitrogens with zero attached hydrogens (tertiary/aromatic N) is 1. The summed E-state index contributed by atoms with van der Waals surface area (Å²) in [5.74, 6) is -0.146. The number of aromatic nitrogens is 1. The zero-order chi connectivity index (χ0) is 10.6. The highest BCUT2D eigenvalue weighted by molar-refractivity contribution is 5.68. The minimum absolute atomic E-state index is 0.0729. The summed E-state index contributed by atoms with van der Waals surface area (Å²) in [5.41, 5.74) is 9.48. The molecule has 0 atom stereocenters. The maximum Gasteiger partial charge on any atom is 0.411 e. The number of pyridine rings is 1. The molecule has 74 valence electrons. The zero-order valence-electron chi connectivity index (χ0n) is 6.97. The van der Waals surface area contributed by atoms with Crippen LogP contribution in [0.3, 0.4) is 0 Å². The van der Waals surface area contributed by atoms with Gasteiger partial charge in [0.2, 0.25) is 11.8 Å². The first kappa shape index (κ1) is 9.78. The van der Waals surface area contributed by atoms with E-state index in [0.717, 1.165) is 0 Å². The number of primary amides is 2. The lowest BCUT2D eigenvalue weighted by Gasteiger charge is -2.01. The number of nitrogens with two attached hydrogens (primary N) is 2. The lowest BCUT2D eigenvalue weighted by Crippen LogP contribution is -2.19. The highest BCUT2D eigenvalue weighted by Gasteiger charge is 2.04. The van der Waals surface area contributed by atoms with Crippen LogP contribution >= 0.6 is 0 Å². The van der Waals surface area contributed by atoms with Crippen LogP contribution in [0, 0.1) is 0 Å². The minimum Gasteiger partial charge on any atom is -0.391 e. The summed E-state index contributed by atoms with van der Waals surface area (Å²) >= 11 is 0. The van der Waals surface area contributed by atoms with Gasteiger partial charge in [-0.15, -0.1) is 0 Å². The summed E-state index contributed by atoms with van der Waals surface area (Å²) in [6, 6.07) is 4.21. The number of hydrogen-bond donors (Lipinski definition) is 2. The number of hydrogen-bond acceptors (Lipinski definition) is 5. The second-order valence-corrected chi connectivity index (χ2v) is 2.16. The topological polar surface area (TPSA) is 118 Å². The maximum absolute atomic E-state index is 10.3. The quantitative estimate of drug-likeness (QED) is 0.691. The summed E-state index contributed by atoms with van der Waals surface area (Å²) in [6.45, 7) is 0. The first-order valence-corrected chi connectivity index (χ1v) is 3.49. The van der Waals surface area contributed by atoms with Crippen LogP contribution in [0.25, 0.3) is 0 Å². The molecule has 0 fully saturated rings. The molecule has 0 radical (unpaired) electrons. The predicted molar refractivity (Wildman–Crippen MR) is 44.7 cm³/mol. The van der Waals surface area contributed by atoms with Crippen LogP contribution in [0.4, 0.5) is 9.59 Å². The minimum atomic E-state index is -1.01. The summed E-state index contributed by atoms with van der Waals surface area (Å²) in [7, 11) is 0. The van der Waals surface area contributed by atoms with Gasteiger partial charge in [-0.25, -0.2) is 9.59 Å². The Kier molecular flexibility index (Phi) is 2.85. The van der Waals surface area contributed by atoms with Gasteiger partial charge in [0.25, 0.3) is 0 Å². The molecule has 0 aliphatic heterocycles. The van der Waals surface area contributed by atoms with Crippen LogP contribution in [-0.4, -0.2) is 17.2 Å². The van der Waals surface area contributed by atoms with Crippen LogP contribution in [0.2, 0.25) is 0 Å².